The molecular weight excluding hydrogens is 262 g/mol. The fourth-order valence-electron chi connectivity index (χ4n) is 3.34. The largest absolute Gasteiger partial charge is 0.382 e. The summed E-state index contributed by atoms with van der Waals surface area (Å²) in [6.07, 6.45) is 3.99. The minimum atomic E-state index is 0.618. The summed E-state index contributed by atoms with van der Waals surface area (Å²) in [7, 11) is 0. The molecule has 1 heterocycles. The van der Waals surface area contributed by atoms with Crippen molar-refractivity contribution >= 4 is 17.0 Å². The second-order valence-electron chi connectivity index (χ2n) is 6.17. The molecule has 0 spiro atoms. The highest BCUT2D eigenvalue weighted by atomic mass is 32.1. The first-order chi connectivity index (χ1) is 9.74. The third-order valence-electron chi connectivity index (χ3n) is 4.49. The molecule has 20 heavy (non-hydrogen) atoms. The molecule has 1 fully saturated rings. The summed E-state index contributed by atoms with van der Waals surface area (Å²) in [5.41, 5.74) is 2.63. The Morgan fingerprint density at radius 3 is 2.65 bits per heavy atom. The van der Waals surface area contributed by atoms with Gasteiger partial charge in [0, 0.05) is 22.2 Å². The van der Waals surface area contributed by atoms with Crippen molar-refractivity contribution in [1.29, 1.82) is 0 Å². The monoisotopic (exact) mass is 285 g/mol. The van der Waals surface area contributed by atoms with E-state index in [1.54, 1.807) is 0 Å². The van der Waals surface area contributed by atoms with E-state index in [2.05, 4.69) is 60.9 Å². The maximum Gasteiger partial charge on any atom is 0.0430 e. The van der Waals surface area contributed by atoms with Crippen LogP contribution in [0.25, 0.3) is 10.4 Å². The van der Waals surface area contributed by atoms with Crippen LogP contribution in [-0.2, 0) is 0 Å². The molecule has 106 valence electrons. The second-order valence-corrected chi connectivity index (χ2v) is 7.12. The van der Waals surface area contributed by atoms with Crippen LogP contribution in [0.4, 0.5) is 5.69 Å². The molecule has 0 radical (unpaired) electrons. The van der Waals surface area contributed by atoms with Crippen LogP contribution in [0.15, 0.2) is 41.8 Å². The normalized spacial score (nSPS) is 26.4. The topological polar surface area (TPSA) is 12.0 Å². The van der Waals surface area contributed by atoms with Crippen molar-refractivity contribution in [1.82, 2.24) is 0 Å². The van der Waals surface area contributed by atoms with Crippen molar-refractivity contribution in [3.63, 3.8) is 0 Å². The minimum Gasteiger partial charge on any atom is -0.382 e. The molecular formula is C18H23NS. The van der Waals surface area contributed by atoms with E-state index < -0.39 is 0 Å². The Morgan fingerprint density at radius 1 is 1.05 bits per heavy atom. The predicted molar refractivity (Wildman–Crippen MR) is 89.3 cm³/mol. The zero-order valence-corrected chi connectivity index (χ0v) is 13.1. The van der Waals surface area contributed by atoms with Gasteiger partial charge < -0.3 is 5.32 Å². The third kappa shape index (κ3) is 2.90. The first kappa shape index (κ1) is 13.7. The molecule has 1 saturated carbocycles. The summed E-state index contributed by atoms with van der Waals surface area (Å²) in [4.78, 5) is 1.35. The third-order valence-corrected chi connectivity index (χ3v) is 5.39. The van der Waals surface area contributed by atoms with Gasteiger partial charge in [0.2, 0.25) is 0 Å². The Hall–Kier alpha value is -1.28. The molecule has 1 nitrogen and oxygen atoms in total. The predicted octanol–water partition coefficient (Wildman–Crippen LogP) is 5.65. The number of benzene rings is 1. The Kier molecular flexibility index (Phi) is 4.11. The average molecular weight is 285 g/mol. The van der Waals surface area contributed by atoms with E-state index in [9.17, 15) is 0 Å². The van der Waals surface area contributed by atoms with E-state index in [4.69, 9.17) is 0 Å². The molecule has 3 rings (SSSR count). The van der Waals surface area contributed by atoms with E-state index in [1.165, 1.54) is 35.4 Å². The summed E-state index contributed by atoms with van der Waals surface area (Å²) in [6.45, 7) is 4.77. The lowest BCUT2D eigenvalue weighted by atomic mass is 9.79. The Balaban J connectivity index is 1.81. The number of rotatable bonds is 3. The first-order valence-corrected chi connectivity index (χ1v) is 8.51. The van der Waals surface area contributed by atoms with E-state index in [0.29, 0.717) is 6.04 Å². The van der Waals surface area contributed by atoms with Crippen molar-refractivity contribution in [3.05, 3.63) is 41.8 Å². The molecule has 0 aliphatic heterocycles. The highest BCUT2D eigenvalue weighted by Gasteiger charge is 2.25. The smallest absolute Gasteiger partial charge is 0.0430 e. The van der Waals surface area contributed by atoms with Crippen LogP contribution in [0, 0.1) is 11.8 Å². The van der Waals surface area contributed by atoms with Gasteiger partial charge in [0.05, 0.1) is 0 Å². The van der Waals surface area contributed by atoms with Crippen molar-refractivity contribution in [2.75, 3.05) is 5.32 Å². The average Bonchev–Trinajstić information content (AvgIpc) is 2.96. The van der Waals surface area contributed by atoms with Crippen LogP contribution in [-0.4, -0.2) is 6.04 Å². The molecule has 1 aliphatic carbocycles. The van der Waals surface area contributed by atoms with Gasteiger partial charge >= 0.3 is 0 Å². The summed E-state index contributed by atoms with van der Waals surface area (Å²) >= 11 is 1.81. The number of hydrogen-bond donors (Lipinski definition) is 1. The van der Waals surface area contributed by atoms with Crippen LogP contribution < -0.4 is 5.32 Å². The molecule has 0 saturated heterocycles. The van der Waals surface area contributed by atoms with Crippen LogP contribution in [0.2, 0.25) is 0 Å². The SMILES string of the molecule is CC1CCC(Nc2ccccc2-c2cccs2)C(C)C1. The van der Waals surface area contributed by atoms with Crippen molar-refractivity contribution < 1.29 is 0 Å². The van der Waals surface area contributed by atoms with Gasteiger partial charge in [-0.1, -0.05) is 38.1 Å². The molecule has 2 aromatic rings. The number of thiophene rings is 1. The minimum absolute atomic E-state index is 0.618. The Labute approximate surface area is 126 Å². The molecule has 0 amide bonds. The molecule has 0 bridgehead atoms. The van der Waals surface area contributed by atoms with Crippen molar-refractivity contribution in [2.45, 2.75) is 39.2 Å². The molecule has 1 aromatic heterocycles. The lowest BCUT2D eigenvalue weighted by molar-refractivity contribution is 0.276. The lowest BCUT2D eigenvalue weighted by Crippen LogP contribution is -2.33. The van der Waals surface area contributed by atoms with Crippen LogP contribution in [0.5, 0.6) is 0 Å². The zero-order valence-electron chi connectivity index (χ0n) is 12.3. The van der Waals surface area contributed by atoms with Gasteiger partial charge in [-0.3, -0.25) is 0 Å². The van der Waals surface area contributed by atoms with Gasteiger partial charge in [-0.25, -0.2) is 0 Å². The van der Waals surface area contributed by atoms with Crippen molar-refractivity contribution in [3.8, 4) is 10.4 Å². The van der Waals surface area contributed by atoms with Gasteiger partial charge in [0.25, 0.3) is 0 Å². The lowest BCUT2D eigenvalue weighted by Gasteiger charge is -2.34. The summed E-state index contributed by atoms with van der Waals surface area (Å²) < 4.78 is 0. The second kappa shape index (κ2) is 6.01. The standard InChI is InChI=1S/C18H23NS/c1-13-9-10-16(14(2)12-13)19-17-7-4-3-6-15(17)18-8-5-11-20-18/h3-8,11,13-14,16,19H,9-10,12H2,1-2H3. The van der Waals surface area contributed by atoms with E-state index in [1.807, 2.05) is 11.3 Å². The fraction of sp³-hybridized carbons (Fsp3) is 0.444. The number of nitrogens with one attached hydrogen (secondary N) is 1. The van der Waals surface area contributed by atoms with Crippen LogP contribution >= 0.6 is 11.3 Å². The molecule has 3 unspecified atom stereocenters. The maximum absolute atomic E-state index is 3.81. The Morgan fingerprint density at radius 2 is 1.90 bits per heavy atom. The Bertz CT molecular complexity index is 546. The highest BCUT2D eigenvalue weighted by molar-refractivity contribution is 7.13. The molecule has 1 aromatic carbocycles. The van der Waals surface area contributed by atoms with Gasteiger partial charge in [-0.2, -0.15) is 0 Å². The van der Waals surface area contributed by atoms with Gasteiger partial charge in [-0.05, 0) is 48.6 Å². The van der Waals surface area contributed by atoms with E-state index in [0.717, 1.165) is 11.8 Å². The van der Waals surface area contributed by atoms with Crippen LogP contribution in [0.1, 0.15) is 33.1 Å². The highest BCUT2D eigenvalue weighted by Crippen LogP contribution is 2.35. The number of para-hydroxylation sites is 1. The van der Waals surface area contributed by atoms with Crippen molar-refractivity contribution in [2.24, 2.45) is 11.8 Å². The quantitative estimate of drug-likeness (QED) is 0.768. The van der Waals surface area contributed by atoms with Gasteiger partial charge in [0.15, 0.2) is 0 Å². The number of hydrogen-bond acceptors (Lipinski definition) is 2. The molecule has 3 atom stereocenters. The van der Waals surface area contributed by atoms with Crippen LogP contribution in [0.3, 0.4) is 0 Å². The van der Waals surface area contributed by atoms with E-state index in [-0.39, 0.29) is 0 Å². The summed E-state index contributed by atoms with van der Waals surface area (Å²) in [5.74, 6) is 1.64. The van der Waals surface area contributed by atoms with Gasteiger partial charge in [-0.15, -0.1) is 11.3 Å². The molecule has 1 N–H and O–H groups in total. The maximum atomic E-state index is 3.81. The summed E-state index contributed by atoms with van der Waals surface area (Å²) in [5, 5.41) is 5.96. The first-order valence-electron chi connectivity index (χ1n) is 7.63. The van der Waals surface area contributed by atoms with E-state index >= 15 is 0 Å². The summed E-state index contributed by atoms with van der Waals surface area (Å²) in [6, 6.07) is 13.7. The van der Waals surface area contributed by atoms with Gasteiger partial charge in [0.1, 0.15) is 0 Å². The molecule has 1 aliphatic rings. The molecule has 2 heteroatoms. The zero-order chi connectivity index (χ0) is 13.9. The fourth-order valence-corrected chi connectivity index (χ4v) is 4.10. The number of anilines is 1.